The van der Waals surface area contributed by atoms with E-state index in [2.05, 4.69) is 10.2 Å². The molecule has 7 heteroatoms. The summed E-state index contributed by atoms with van der Waals surface area (Å²) in [4.78, 5) is 0.0111. The second-order valence-electron chi connectivity index (χ2n) is 5.75. The number of sulfonamides is 1. The number of azo groups is 1. The molecule has 1 atom stereocenters. The van der Waals surface area contributed by atoms with Crippen molar-refractivity contribution in [1.82, 2.24) is 0 Å². The van der Waals surface area contributed by atoms with Gasteiger partial charge in [-0.05, 0) is 30.7 Å². The van der Waals surface area contributed by atoms with Crippen LogP contribution in [0.5, 0.6) is 0 Å². The third-order valence-corrected chi connectivity index (χ3v) is 4.91. The first-order valence-corrected chi connectivity index (χ1v) is 8.86. The van der Waals surface area contributed by atoms with E-state index < -0.39 is 15.6 Å². The maximum Gasteiger partial charge on any atom is 0.238 e. The number of nitrogens with zero attached hydrogens (tertiary/aromatic N) is 2. The molecule has 1 aliphatic rings. The van der Waals surface area contributed by atoms with E-state index in [0.29, 0.717) is 11.3 Å². The predicted molar refractivity (Wildman–Crippen MR) is 90.6 cm³/mol. The molecule has 2 aromatic rings. The SMILES string of the molecule is Cc1ccc(C2=CC(CO)(c3ccc(S(N)(=O)=O)cc3)N=N2)cc1. The Morgan fingerprint density at radius 2 is 1.71 bits per heavy atom. The first-order chi connectivity index (χ1) is 11.3. The van der Waals surface area contributed by atoms with Crippen molar-refractivity contribution in [1.29, 1.82) is 0 Å². The molecule has 0 aromatic heterocycles. The smallest absolute Gasteiger partial charge is 0.238 e. The van der Waals surface area contributed by atoms with Gasteiger partial charge in [-0.3, -0.25) is 0 Å². The highest BCUT2D eigenvalue weighted by Gasteiger charge is 2.34. The molecule has 124 valence electrons. The van der Waals surface area contributed by atoms with Crippen molar-refractivity contribution >= 4 is 15.7 Å². The fourth-order valence-corrected chi connectivity index (χ4v) is 3.05. The molecule has 0 radical (unpaired) electrons. The molecular formula is C17H17N3O3S. The molecule has 0 amide bonds. The van der Waals surface area contributed by atoms with Crippen LogP contribution in [-0.4, -0.2) is 20.1 Å². The molecule has 6 nitrogen and oxygen atoms in total. The number of aliphatic hydroxyl groups excluding tert-OH is 1. The number of hydrogen-bond acceptors (Lipinski definition) is 5. The van der Waals surface area contributed by atoms with Crippen LogP contribution >= 0.6 is 0 Å². The van der Waals surface area contributed by atoms with Crippen LogP contribution < -0.4 is 5.14 Å². The van der Waals surface area contributed by atoms with Gasteiger partial charge < -0.3 is 5.11 Å². The highest BCUT2D eigenvalue weighted by molar-refractivity contribution is 7.89. The van der Waals surface area contributed by atoms with Gasteiger partial charge in [-0.1, -0.05) is 42.0 Å². The summed E-state index contributed by atoms with van der Waals surface area (Å²) in [5.41, 5.74) is 2.34. The van der Waals surface area contributed by atoms with Crippen LogP contribution in [0, 0.1) is 6.92 Å². The first kappa shape index (κ1) is 16.5. The highest BCUT2D eigenvalue weighted by Crippen LogP contribution is 2.37. The highest BCUT2D eigenvalue weighted by atomic mass is 32.2. The molecule has 1 heterocycles. The zero-order valence-corrected chi connectivity index (χ0v) is 13.9. The molecule has 1 aliphatic heterocycles. The van der Waals surface area contributed by atoms with Gasteiger partial charge in [-0.25, -0.2) is 13.6 Å². The van der Waals surface area contributed by atoms with E-state index in [-0.39, 0.29) is 11.5 Å². The summed E-state index contributed by atoms with van der Waals surface area (Å²) < 4.78 is 22.7. The van der Waals surface area contributed by atoms with Gasteiger partial charge in [0.25, 0.3) is 0 Å². The minimum atomic E-state index is -3.76. The summed E-state index contributed by atoms with van der Waals surface area (Å²) in [6.07, 6.45) is 1.78. The Labute approximate surface area is 140 Å². The average molecular weight is 343 g/mol. The molecule has 0 spiro atoms. The minimum absolute atomic E-state index is 0.0111. The molecule has 0 saturated carbocycles. The lowest BCUT2D eigenvalue weighted by atomic mass is 9.90. The number of rotatable bonds is 4. The van der Waals surface area contributed by atoms with Gasteiger partial charge in [0.05, 0.1) is 17.2 Å². The van der Waals surface area contributed by atoms with Crippen molar-refractivity contribution in [2.24, 2.45) is 15.4 Å². The molecule has 2 aromatic carbocycles. The third-order valence-electron chi connectivity index (χ3n) is 3.98. The lowest BCUT2D eigenvalue weighted by Gasteiger charge is -2.20. The van der Waals surface area contributed by atoms with Crippen LogP contribution in [0.3, 0.4) is 0 Å². The van der Waals surface area contributed by atoms with Crippen LogP contribution in [-0.2, 0) is 15.6 Å². The fraction of sp³-hybridized carbons (Fsp3) is 0.176. The second kappa shape index (κ2) is 5.94. The van der Waals surface area contributed by atoms with Gasteiger partial charge in [0, 0.05) is 5.56 Å². The molecule has 0 bridgehead atoms. The van der Waals surface area contributed by atoms with Crippen LogP contribution in [0.25, 0.3) is 5.70 Å². The first-order valence-electron chi connectivity index (χ1n) is 7.31. The predicted octanol–water partition coefficient (Wildman–Crippen LogP) is 2.34. The zero-order chi connectivity index (χ0) is 17.4. The molecule has 3 N–H and O–H groups in total. The lowest BCUT2D eigenvalue weighted by molar-refractivity contribution is 0.228. The second-order valence-corrected chi connectivity index (χ2v) is 7.31. The fourth-order valence-electron chi connectivity index (χ4n) is 2.54. The van der Waals surface area contributed by atoms with Gasteiger partial charge in [-0.2, -0.15) is 10.2 Å². The maximum absolute atomic E-state index is 11.4. The molecule has 0 saturated heterocycles. The number of benzene rings is 2. The number of primary sulfonamides is 1. The zero-order valence-electron chi connectivity index (χ0n) is 13.0. The maximum atomic E-state index is 11.4. The Morgan fingerprint density at radius 3 is 2.25 bits per heavy atom. The molecule has 24 heavy (non-hydrogen) atoms. The standard InChI is InChI=1S/C17H17N3O3S/c1-12-2-4-13(5-3-12)16-10-17(11-21,20-19-16)14-6-8-15(9-7-14)24(18,22)23/h2-10,21H,11H2,1H3,(H2,18,22,23). The van der Waals surface area contributed by atoms with Crippen molar-refractivity contribution in [2.75, 3.05) is 6.61 Å². The monoisotopic (exact) mass is 343 g/mol. The molecule has 3 rings (SSSR count). The largest absolute Gasteiger partial charge is 0.393 e. The van der Waals surface area contributed by atoms with Gasteiger partial charge in [0.1, 0.15) is 0 Å². The molecule has 0 aliphatic carbocycles. The number of hydrogen-bond donors (Lipinski definition) is 2. The van der Waals surface area contributed by atoms with Crippen LogP contribution in [0.4, 0.5) is 0 Å². The Kier molecular flexibility index (Phi) is 4.08. The Balaban J connectivity index is 1.99. The summed E-state index contributed by atoms with van der Waals surface area (Å²) in [6.45, 7) is 1.72. The number of aliphatic hydroxyl groups is 1. The van der Waals surface area contributed by atoms with E-state index in [1.165, 1.54) is 12.1 Å². The quantitative estimate of drug-likeness (QED) is 0.890. The van der Waals surface area contributed by atoms with E-state index in [0.717, 1.165) is 11.1 Å². The normalized spacial score (nSPS) is 20.2. The minimum Gasteiger partial charge on any atom is -0.393 e. The number of nitrogens with two attached hydrogens (primary N) is 1. The molecule has 0 fully saturated rings. The summed E-state index contributed by atoms with van der Waals surface area (Å²) in [5.74, 6) is 0. The summed E-state index contributed by atoms with van der Waals surface area (Å²) >= 11 is 0. The Bertz CT molecular complexity index is 917. The molecular weight excluding hydrogens is 326 g/mol. The van der Waals surface area contributed by atoms with Gasteiger partial charge in [-0.15, -0.1) is 0 Å². The summed E-state index contributed by atoms with van der Waals surface area (Å²) in [5, 5.41) is 23.4. The van der Waals surface area contributed by atoms with Crippen LogP contribution in [0.15, 0.2) is 69.7 Å². The summed E-state index contributed by atoms with van der Waals surface area (Å²) in [6, 6.07) is 13.8. The van der Waals surface area contributed by atoms with E-state index in [1.807, 2.05) is 31.2 Å². The van der Waals surface area contributed by atoms with E-state index in [1.54, 1.807) is 18.2 Å². The third kappa shape index (κ3) is 3.01. The van der Waals surface area contributed by atoms with Crippen molar-refractivity contribution < 1.29 is 13.5 Å². The molecule has 1 unspecified atom stereocenters. The lowest BCUT2D eigenvalue weighted by Crippen LogP contribution is -2.24. The van der Waals surface area contributed by atoms with Crippen molar-refractivity contribution in [3.63, 3.8) is 0 Å². The van der Waals surface area contributed by atoms with Crippen LogP contribution in [0.2, 0.25) is 0 Å². The Hall–Kier alpha value is -2.35. The average Bonchev–Trinajstić information content (AvgIpc) is 3.01. The van der Waals surface area contributed by atoms with E-state index in [4.69, 9.17) is 5.14 Å². The van der Waals surface area contributed by atoms with Crippen LogP contribution in [0.1, 0.15) is 16.7 Å². The van der Waals surface area contributed by atoms with E-state index in [9.17, 15) is 13.5 Å². The van der Waals surface area contributed by atoms with E-state index >= 15 is 0 Å². The summed E-state index contributed by atoms with van der Waals surface area (Å²) in [7, 11) is -3.76. The van der Waals surface area contributed by atoms with Gasteiger partial charge >= 0.3 is 0 Å². The van der Waals surface area contributed by atoms with Gasteiger partial charge in [0.15, 0.2) is 5.54 Å². The Morgan fingerprint density at radius 1 is 1.08 bits per heavy atom. The topological polar surface area (TPSA) is 105 Å². The van der Waals surface area contributed by atoms with Crippen molar-refractivity contribution in [3.05, 3.63) is 71.3 Å². The van der Waals surface area contributed by atoms with Crippen molar-refractivity contribution in [2.45, 2.75) is 17.4 Å². The van der Waals surface area contributed by atoms with Crippen molar-refractivity contribution in [3.8, 4) is 0 Å². The van der Waals surface area contributed by atoms with Gasteiger partial charge in [0.2, 0.25) is 10.0 Å². The number of aryl methyl sites for hydroxylation is 1.